The maximum Gasteiger partial charge on any atom is 0.409 e. The van der Waals surface area contributed by atoms with Gasteiger partial charge in [-0.3, -0.25) is 4.79 Å². The summed E-state index contributed by atoms with van der Waals surface area (Å²) in [4.78, 5) is 16.3. The lowest BCUT2D eigenvalue weighted by Gasteiger charge is -2.54. The van der Waals surface area contributed by atoms with Gasteiger partial charge in [-0.2, -0.15) is 13.2 Å². The Kier molecular flexibility index (Phi) is 5.64. The number of hydrogen-bond acceptors (Lipinski definition) is 3. The van der Waals surface area contributed by atoms with E-state index in [4.69, 9.17) is 0 Å². The summed E-state index contributed by atoms with van der Waals surface area (Å²) >= 11 is 0. The van der Waals surface area contributed by atoms with Crippen molar-refractivity contribution in [2.45, 2.75) is 69.6 Å². The number of carbonyl (C=O) groups is 1. The lowest BCUT2D eigenvalue weighted by atomic mass is 9.51. The average molecular weight is 509 g/mol. The van der Waals surface area contributed by atoms with E-state index in [1.807, 2.05) is 35.9 Å². The van der Waals surface area contributed by atoms with Gasteiger partial charge in [0.1, 0.15) is 0 Å². The second-order valence-electron chi connectivity index (χ2n) is 11.4. The van der Waals surface area contributed by atoms with E-state index in [9.17, 15) is 23.1 Å². The summed E-state index contributed by atoms with van der Waals surface area (Å²) in [6.07, 6.45) is 8.43. The van der Waals surface area contributed by atoms with Crippen LogP contribution in [0.1, 0.15) is 63.4 Å². The number of benzene rings is 1. The Labute approximate surface area is 214 Å². The first kappa shape index (κ1) is 24.4. The topological polar surface area (TPSA) is 55.1 Å². The number of rotatable bonds is 3. The molecule has 2 fully saturated rings. The SMILES string of the molecule is C[C@]12CC(c3ccc(-n4ccnc4)cc3)C3=C4CCC(=O)C=C4CCC3C1CC[C@@]2(O)/C=C/C(F)(F)F. The molecule has 6 rings (SSSR count). The van der Waals surface area contributed by atoms with Gasteiger partial charge in [-0.15, -0.1) is 0 Å². The van der Waals surface area contributed by atoms with Crippen molar-refractivity contribution >= 4 is 5.78 Å². The van der Waals surface area contributed by atoms with Gasteiger partial charge in [0.2, 0.25) is 0 Å². The minimum Gasteiger partial charge on any atom is -0.385 e. The van der Waals surface area contributed by atoms with Crippen LogP contribution in [0.25, 0.3) is 5.69 Å². The van der Waals surface area contributed by atoms with Crippen LogP contribution in [0.5, 0.6) is 0 Å². The van der Waals surface area contributed by atoms with Gasteiger partial charge in [-0.1, -0.05) is 24.6 Å². The van der Waals surface area contributed by atoms with E-state index in [1.54, 1.807) is 12.5 Å². The summed E-state index contributed by atoms with van der Waals surface area (Å²) < 4.78 is 41.4. The predicted molar refractivity (Wildman–Crippen MR) is 134 cm³/mol. The zero-order valence-corrected chi connectivity index (χ0v) is 20.8. The first-order valence-electron chi connectivity index (χ1n) is 13.1. The number of nitrogens with zero attached hydrogens (tertiary/aromatic N) is 2. The summed E-state index contributed by atoms with van der Waals surface area (Å²) in [7, 11) is 0. The molecule has 4 aliphatic carbocycles. The van der Waals surface area contributed by atoms with E-state index < -0.39 is 17.2 Å². The van der Waals surface area contributed by atoms with Crippen molar-refractivity contribution in [3.8, 4) is 5.69 Å². The van der Waals surface area contributed by atoms with Gasteiger partial charge in [0.15, 0.2) is 5.78 Å². The molecule has 4 nitrogen and oxygen atoms in total. The highest BCUT2D eigenvalue weighted by Crippen LogP contribution is 2.67. The third-order valence-corrected chi connectivity index (χ3v) is 9.60. The van der Waals surface area contributed by atoms with Gasteiger partial charge in [0.25, 0.3) is 0 Å². The fraction of sp³-hybridized carbons (Fsp3) is 0.467. The zero-order chi connectivity index (χ0) is 26.0. The van der Waals surface area contributed by atoms with E-state index >= 15 is 0 Å². The van der Waals surface area contributed by atoms with Crippen molar-refractivity contribution in [2.24, 2.45) is 17.3 Å². The molecule has 5 atom stereocenters. The molecule has 2 saturated carbocycles. The lowest BCUT2D eigenvalue weighted by Crippen LogP contribution is -2.50. The van der Waals surface area contributed by atoms with Gasteiger partial charge in [0.05, 0.1) is 11.9 Å². The number of hydrogen-bond donors (Lipinski definition) is 1. The highest BCUT2D eigenvalue weighted by atomic mass is 19.4. The largest absolute Gasteiger partial charge is 0.409 e. The van der Waals surface area contributed by atoms with Crippen molar-refractivity contribution in [3.63, 3.8) is 0 Å². The molecule has 3 unspecified atom stereocenters. The van der Waals surface area contributed by atoms with Crippen LogP contribution >= 0.6 is 0 Å². The molecule has 0 aliphatic heterocycles. The molecule has 194 valence electrons. The number of allylic oxidation sites excluding steroid dienone is 5. The number of carbonyl (C=O) groups excluding carboxylic acids is 1. The average Bonchev–Trinajstić information content (AvgIpc) is 3.49. The number of imidazole rings is 1. The molecule has 1 N–H and O–H groups in total. The lowest BCUT2D eigenvalue weighted by molar-refractivity contribution is -0.114. The molecule has 0 bridgehead atoms. The molecular weight excluding hydrogens is 477 g/mol. The van der Waals surface area contributed by atoms with Gasteiger partial charge in [-0.05, 0) is 91.4 Å². The van der Waals surface area contributed by atoms with E-state index in [0.717, 1.165) is 42.2 Å². The van der Waals surface area contributed by atoms with E-state index in [-0.39, 0.29) is 29.6 Å². The van der Waals surface area contributed by atoms with Crippen molar-refractivity contribution in [1.82, 2.24) is 9.55 Å². The van der Waals surface area contributed by atoms with Crippen LogP contribution < -0.4 is 0 Å². The van der Waals surface area contributed by atoms with Crippen LogP contribution in [0.15, 0.2) is 77.9 Å². The Morgan fingerprint density at radius 3 is 2.62 bits per heavy atom. The summed E-state index contributed by atoms with van der Waals surface area (Å²) in [5, 5.41) is 11.7. The zero-order valence-electron chi connectivity index (χ0n) is 20.8. The third-order valence-electron chi connectivity index (χ3n) is 9.60. The number of aromatic nitrogens is 2. The minimum atomic E-state index is -4.46. The monoisotopic (exact) mass is 508 g/mol. The third kappa shape index (κ3) is 4.02. The van der Waals surface area contributed by atoms with Crippen molar-refractivity contribution in [1.29, 1.82) is 0 Å². The number of alkyl halides is 3. The van der Waals surface area contributed by atoms with Gasteiger partial charge >= 0.3 is 6.18 Å². The quantitative estimate of drug-likeness (QED) is 0.474. The van der Waals surface area contributed by atoms with Crippen molar-refractivity contribution < 1.29 is 23.1 Å². The fourth-order valence-electron chi connectivity index (χ4n) is 7.79. The summed E-state index contributed by atoms with van der Waals surface area (Å²) in [6.45, 7) is 2.00. The highest BCUT2D eigenvalue weighted by Gasteiger charge is 2.62. The summed E-state index contributed by atoms with van der Waals surface area (Å²) in [5.74, 6) is 0.426. The van der Waals surface area contributed by atoms with Crippen LogP contribution in [-0.4, -0.2) is 32.2 Å². The molecule has 4 aliphatic rings. The number of ketones is 1. The van der Waals surface area contributed by atoms with E-state index in [0.29, 0.717) is 25.7 Å². The maximum absolute atomic E-state index is 13.2. The molecule has 1 heterocycles. The van der Waals surface area contributed by atoms with Gasteiger partial charge in [0, 0.05) is 41.9 Å². The fourth-order valence-corrected chi connectivity index (χ4v) is 7.79. The molecule has 0 radical (unpaired) electrons. The molecule has 1 aromatic heterocycles. The Bertz CT molecular complexity index is 1310. The standard InChI is InChI=1S/C30H31F3N2O2/c1-28-17-25(19-2-5-21(6-3-19)35-15-14-34-18-35)27-23-9-7-22(36)16-20(23)4-8-24(27)26(28)10-11-29(28,37)12-13-30(31,32)33/h2-3,5-6,12-16,18,24-26,37H,4,7-11,17H2,1H3/b13-12+/t24?,25?,26?,28-,29+/m0/s1. The molecule has 0 amide bonds. The maximum atomic E-state index is 13.2. The second-order valence-corrected chi connectivity index (χ2v) is 11.4. The Morgan fingerprint density at radius 2 is 1.92 bits per heavy atom. The Hall–Kier alpha value is -2.93. The Morgan fingerprint density at radius 1 is 1.14 bits per heavy atom. The normalized spacial score (nSPS) is 33.8. The van der Waals surface area contributed by atoms with Crippen LogP contribution in [0.3, 0.4) is 0 Å². The molecule has 0 saturated heterocycles. The molecule has 7 heteroatoms. The number of halogens is 3. The minimum absolute atomic E-state index is 0.0288. The number of fused-ring (bicyclic) bond motifs is 4. The molecule has 2 aromatic rings. The summed E-state index contributed by atoms with van der Waals surface area (Å²) in [6, 6.07) is 8.28. The van der Waals surface area contributed by atoms with Crippen LogP contribution in [-0.2, 0) is 4.79 Å². The van der Waals surface area contributed by atoms with E-state index in [2.05, 4.69) is 17.1 Å². The van der Waals surface area contributed by atoms with Crippen LogP contribution in [0.4, 0.5) is 13.2 Å². The molecular formula is C30H31F3N2O2. The predicted octanol–water partition coefficient (Wildman–Crippen LogP) is 6.62. The summed E-state index contributed by atoms with van der Waals surface area (Å²) in [5.41, 5.74) is 3.64. The van der Waals surface area contributed by atoms with Gasteiger partial charge < -0.3 is 9.67 Å². The smallest absolute Gasteiger partial charge is 0.385 e. The second kappa shape index (κ2) is 8.55. The first-order valence-corrected chi connectivity index (χ1v) is 13.1. The highest BCUT2D eigenvalue weighted by molar-refractivity contribution is 5.93. The molecule has 0 spiro atoms. The number of aliphatic hydroxyl groups is 1. The van der Waals surface area contributed by atoms with Crippen LogP contribution in [0, 0.1) is 17.3 Å². The Balaban J connectivity index is 1.46. The molecule has 1 aromatic carbocycles. The van der Waals surface area contributed by atoms with Gasteiger partial charge in [-0.25, -0.2) is 4.98 Å². The van der Waals surface area contributed by atoms with Crippen molar-refractivity contribution in [3.05, 3.63) is 83.5 Å². The van der Waals surface area contributed by atoms with Crippen LogP contribution in [0.2, 0.25) is 0 Å². The molecule has 37 heavy (non-hydrogen) atoms. The van der Waals surface area contributed by atoms with E-state index in [1.165, 1.54) is 11.1 Å². The first-order chi connectivity index (χ1) is 17.6. The van der Waals surface area contributed by atoms with Crippen molar-refractivity contribution in [2.75, 3.05) is 0 Å².